The van der Waals surface area contributed by atoms with Crippen molar-refractivity contribution in [3.8, 4) is 0 Å². The summed E-state index contributed by atoms with van der Waals surface area (Å²) in [6.07, 6.45) is 5.35. The van der Waals surface area contributed by atoms with Crippen molar-refractivity contribution >= 4 is 52.1 Å². The lowest BCUT2D eigenvalue weighted by Crippen LogP contribution is -2.23. The molecule has 0 atom stereocenters. The second kappa shape index (κ2) is 7.98. The molecule has 29 heavy (non-hydrogen) atoms. The van der Waals surface area contributed by atoms with E-state index < -0.39 is 5.97 Å². The summed E-state index contributed by atoms with van der Waals surface area (Å²) in [5.41, 5.74) is 1.97. The molecule has 0 radical (unpaired) electrons. The van der Waals surface area contributed by atoms with Crippen LogP contribution in [0.25, 0.3) is 23.2 Å². The largest absolute Gasteiger partial charge is 0.465 e. The number of fused-ring (bicyclic) bond motifs is 1. The maximum Gasteiger partial charge on any atom is 0.337 e. The van der Waals surface area contributed by atoms with Crippen molar-refractivity contribution in [2.75, 3.05) is 7.11 Å². The average molecular weight is 424 g/mol. The van der Waals surface area contributed by atoms with Gasteiger partial charge in [-0.3, -0.25) is 4.79 Å². The molecule has 144 valence electrons. The first-order valence-electron chi connectivity index (χ1n) is 8.57. The van der Waals surface area contributed by atoms with Crippen LogP contribution in [0.2, 0.25) is 5.02 Å². The van der Waals surface area contributed by atoms with E-state index in [1.165, 1.54) is 23.0 Å². The fourth-order valence-corrected chi connectivity index (χ4v) is 3.69. The minimum Gasteiger partial charge on any atom is -0.465 e. The van der Waals surface area contributed by atoms with Gasteiger partial charge in [-0.05, 0) is 47.5 Å². The lowest BCUT2D eigenvalue weighted by atomic mass is 10.1. The highest BCUT2D eigenvalue weighted by molar-refractivity contribution is 7.15. The van der Waals surface area contributed by atoms with Gasteiger partial charge in [-0.1, -0.05) is 53.3 Å². The lowest BCUT2D eigenvalue weighted by Gasteiger charge is -1.98. The van der Waals surface area contributed by atoms with E-state index in [1.54, 1.807) is 48.6 Å². The van der Waals surface area contributed by atoms with Gasteiger partial charge in [-0.25, -0.2) is 4.79 Å². The molecule has 0 N–H and O–H groups in total. The minimum atomic E-state index is -0.404. The van der Waals surface area contributed by atoms with Gasteiger partial charge in [0.1, 0.15) is 0 Å². The molecule has 0 fully saturated rings. The lowest BCUT2D eigenvalue weighted by molar-refractivity contribution is 0.0600. The van der Waals surface area contributed by atoms with Crippen LogP contribution in [-0.4, -0.2) is 27.7 Å². The molecule has 0 aliphatic rings. The summed E-state index contributed by atoms with van der Waals surface area (Å²) in [6.45, 7) is 0. The second-order valence-electron chi connectivity index (χ2n) is 6.08. The Morgan fingerprint density at radius 2 is 1.76 bits per heavy atom. The fourth-order valence-electron chi connectivity index (χ4n) is 2.65. The molecule has 6 nitrogen and oxygen atoms in total. The monoisotopic (exact) mass is 423 g/mol. The molecule has 0 aliphatic heterocycles. The molecule has 0 unspecified atom stereocenters. The van der Waals surface area contributed by atoms with Crippen molar-refractivity contribution in [2.24, 2.45) is 0 Å². The number of esters is 1. The van der Waals surface area contributed by atoms with E-state index in [0.717, 1.165) is 11.1 Å². The van der Waals surface area contributed by atoms with E-state index in [-0.39, 0.29) is 5.56 Å². The quantitative estimate of drug-likeness (QED) is 0.471. The van der Waals surface area contributed by atoms with Crippen LogP contribution in [0.5, 0.6) is 0 Å². The van der Waals surface area contributed by atoms with Crippen molar-refractivity contribution < 1.29 is 9.53 Å². The molecule has 8 heteroatoms. The van der Waals surface area contributed by atoms with Crippen molar-refractivity contribution in [1.82, 2.24) is 14.6 Å². The number of hydrogen-bond donors (Lipinski definition) is 0. The van der Waals surface area contributed by atoms with Crippen molar-refractivity contribution in [2.45, 2.75) is 0 Å². The number of methoxy groups -OCH3 is 1. The molecule has 0 spiro atoms. The number of nitrogens with zero attached hydrogens (tertiary/aromatic N) is 3. The Labute approximate surface area is 174 Å². The topological polar surface area (TPSA) is 73.6 Å². The number of aromatic nitrogens is 3. The third-order valence-corrected chi connectivity index (χ3v) is 5.33. The van der Waals surface area contributed by atoms with Gasteiger partial charge < -0.3 is 4.74 Å². The van der Waals surface area contributed by atoms with Crippen molar-refractivity contribution in [3.63, 3.8) is 0 Å². The molecule has 4 rings (SSSR count). The van der Waals surface area contributed by atoms with Crippen LogP contribution in [-0.2, 0) is 4.74 Å². The fraction of sp³-hybridized carbons (Fsp3) is 0.0476. The van der Waals surface area contributed by atoms with Crippen LogP contribution < -0.4 is 10.1 Å². The van der Waals surface area contributed by atoms with Crippen molar-refractivity contribution in [1.29, 1.82) is 0 Å². The van der Waals surface area contributed by atoms with Crippen LogP contribution >= 0.6 is 22.9 Å². The molecular weight excluding hydrogens is 410 g/mol. The highest BCUT2D eigenvalue weighted by Gasteiger charge is 2.09. The number of ether oxygens (including phenoxy) is 1. The highest BCUT2D eigenvalue weighted by Crippen LogP contribution is 2.12. The Balaban J connectivity index is 1.61. The van der Waals surface area contributed by atoms with E-state index in [2.05, 4.69) is 14.8 Å². The number of thiazole rings is 1. The normalized spacial score (nSPS) is 12.1. The van der Waals surface area contributed by atoms with E-state index in [9.17, 15) is 9.59 Å². The van der Waals surface area contributed by atoms with Crippen LogP contribution in [0.4, 0.5) is 0 Å². The Morgan fingerprint density at radius 3 is 2.41 bits per heavy atom. The highest BCUT2D eigenvalue weighted by atomic mass is 35.5. The van der Waals surface area contributed by atoms with Gasteiger partial charge in [0.2, 0.25) is 4.96 Å². The number of carbonyl (C=O) groups is 1. The molecule has 0 amide bonds. The van der Waals surface area contributed by atoms with E-state index in [4.69, 9.17) is 11.6 Å². The third-order valence-electron chi connectivity index (χ3n) is 4.12. The predicted octanol–water partition coefficient (Wildman–Crippen LogP) is 3.31. The zero-order valence-electron chi connectivity index (χ0n) is 15.2. The molecule has 0 bridgehead atoms. The summed E-state index contributed by atoms with van der Waals surface area (Å²) in [4.78, 5) is 29.0. The molecular formula is C21H14ClN3O3S. The number of benzene rings is 2. The first-order chi connectivity index (χ1) is 14.0. The Kier molecular flexibility index (Phi) is 5.24. The summed E-state index contributed by atoms with van der Waals surface area (Å²) in [5, 5.41) is 4.93. The van der Waals surface area contributed by atoms with Gasteiger partial charge in [0.05, 0.1) is 17.2 Å². The first kappa shape index (κ1) is 19.0. The SMILES string of the molecule is COC(=O)c1ccc(C=c2sc3nc(C=Cc4ccc(Cl)cc4)nn3c2=O)cc1. The summed E-state index contributed by atoms with van der Waals surface area (Å²) in [5.74, 6) is 0.0522. The van der Waals surface area contributed by atoms with Gasteiger partial charge in [0, 0.05) is 5.02 Å². The molecule has 2 heterocycles. The Bertz CT molecular complexity index is 1320. The molecule has 0 saturated heterocycles. The summed E-state index contributed by atoms with van der Waals surface area (Å²) < 4.78 is 6.48. The smallest absolute Gasteiger partial charge is 0.337 e. The van der Waals surface area contributed by atoms with Gasteiger partial charge in [-0.15, -0.1) is 5.10 Å². The average Bonchev–Trinajstić information content (AvgIpc) is 3.26. The number of rotatable bonds is 4. The van der Waals surface area contributed by atoms with Crippen LogP contribution in [0, 0.1) is 0 Å². The molecule has 0 saturated carbocycles. The summed E-state index contributed by atoms with van der Waals surface area (Å²) in [6, 6.07) is 14.2. The van der Waals surface area contributed by atoms with Crippen LogP contribution in [0.15, 0.2) is 53.3 Å². The minimum absolute atomic E-state index is 0.235. The van der Waals surface area contributed by atoms with E-state index >= 15 is 0 Å². The zero-order chi connectivity index (χ0) is 20.4. The first-order valence-corrected chi connectivity index (χ1v) is 9.76. The number of halogens is 1. The summed E-state index contributed by atoms with van der Waals surface area (Å²) in [7, 11) is 1.33. The third kappa shape index (κ3) is 4.11. The Morgan fingerprint density at radius 1 is 1.07 bits per heavy atom. The van der Waals surface area contributed by atoms with Gasteiger partial charge in [-0.2, -0.15) is 9.50 Å². The predicted molar refractivity (Wildman–Crippen MR) is 114 cm³/mol. The van der Waals surface area contributed by atoms with Gasteiger partial charge in [0.15, 0.2) is 5.82 Å². The van der Waals surface area contributed by atoms with Gasteiger partial charge in [0.25, 0.3) is 5.56 Å². The number of carbonyl (C=O) groups excluding carboxylic acids is 1. The zero-order valence-corrected chi connectivity index (χ0v) is 16.8. The molecule has 2 aromatic carbocycles. The summed E-state index contributed by atoms with van der Waals surface area (Å²) >= 11 is 7.13. The van der Waals surface area contributed by atoms with E-state index in [1.807, 2.05) is 18.2 Å². The van der Waals surface area contributed by atoms with Crippen LogP contribution in [0.3, 0.4) is 0 Å². The maximum atomic E-state index is 12.6. The van der Waals surface area contributed by atoms with E-state index in [0.29, 0.717) is 25.9 Å². The van der Waals surface area contributed by atoms with Crippen LogP contribution in [0.1, 0.15) is 27.3 Å². The standard InChI is InChI=1S/C21H14ClN3O3S/c1-28-20(27)15-7-2-14(3-8-15)12-17-19(26)25-21(29-17)23-18(24-25)11-6-13-4-9-16(22)10-5-13/h2-12H,1H3. The maximum absolute atomic E-state index is 12.6. The molecule has 2 aromatic heterocycles. The van der Waals surface area contributed by atoms with Gasteiger partial charge >= 0.3 is 5.97 Å². The van der Waals surface area contributed by atoms with Crippen molar-refractivity contribution in [3.05, 3.63) is 91.0 Å². The molecule has 4 aromatic rings. The Hall–Kier alpha value is -3.29. The second-order valence-corrected chi connectivity index (χ2v) is 7.52. The number of hydrogen-bond acceptors (Lipinski definition) is 6. The molecule has 0 aliphatic carbocycles.